The average molecular weight is 398 g/mol. The lowest BCUT2D eigenvalue weighted by Crippen LogP contribution is -2.50. The highest BCUT2D eigenvalue weighted by atomic mass is 16.5. The van der Waals surface area contributed by atoms with Gasteiger partial charge in [0.25, 0.3) is 5.91 Å². The molecule has 1 amide bonds. The molecule has 2 aromatic carbocycles. The van der Waals surface area contributed by atoms with Gasteiger partial charge in [-0.05, 0) is 36.4 Å². The zero-order chi connectivity index (χ0) is 20.5. The van der Waals surface area contributed by atoms with Crippen LogP contribution >= 0.6 is 0 Å². The summed E-state index contributed by atoms with van der Waals surface area (Å²) in [5.41, 5.74) is 0.443. The SMILES string of the molecule is COC(=O)c1ccc(OCC(=O)N2CCN(CCOc3ccccc3)CC2)cc1. The first kappa shape index (κ1) is 20.7. The molecule has 154 valence electrons. The van der Waals surface area contributed by atoms with Gasteiger partial charge in [-0.25, -0.2) is 4.79 Å². The molecule has 7 heteroatoms. The van der Waals surface area contributed by atoms with Crippen LogP contribution in [0.25, 0.3) is 0 Å². The molecule has 2 aromatic rings. The summed E-state index contributed by atoms with van der Waals surface area (Å²) in [7, 11) is 1.33. The lowest BCUT2D eigenvalue weighted by molar-refractivity contribution is -0.135. The van der Waals surface area contributed by atoms with Gasteiger partial charge in [0.1, 0.15) is 18.1 Å². The van der Waals surface area contributed by atoms with E-state index in [2.05, 4.69) is 9.64 Å². The van der Waals surface area contributed by atoms with Crippen LogP contribution in [-0.4, -0.2) is 74.7 Å². The van der Waals surface area contributed by atoms with Crippen molar-refractivity contribution in [2.45, 2.75) is 0 Å². The van der Waals surface area contributed by atoms with Crippen molar-refractivity contribution in [3.63, 3.8) is 0 Å². The van der Waals surface area contributed by atoms with Crippen LogP contribution in [0.1, 0.15) is 10.4 Å². The third kappa shape index (κ3) is 6.22. The molecular formula is C22H26N2O5. The number of esters is 1. The summed E-state index contributed by atoms with van der Waals surface area (Å²) >= 11 is 0. The number of rotatable bonds is 8. The molecule has 0 N–H and O–H groups in total. The van der Waals surface area contributed by atoms with E-state index in [0.717, 1.165) is 25.4 Å². The number of carbonyl (C=O) groups excluding carboxylic acids is 2. The van der Waals surface area contributed by atoms with Crippen LogP contribution < -0.4 is 9.47 Å². The summed E-state index contributed by atoms with van der Waals surface area (Å²) in [5, 5.41) is 0. The van der Waals surface area contributed by atoms with Crippen molar-refractivity contribution in [2.24, 2.45) is 0 Å². The fraction of sp³-hybridized carbons (Fsp3) is 0.364. The molecule has 0 saturated carbocycles. The van der Waals surface area contributed by atoms with E-state index in [1.165, 1.54) is 7.11 Å². The van der Waals surface area contributed by atoms with Gasteiger partial charge >= 0.3 is 5.97 Å². The molecule has 29 heavy (non-hydrogen) atoms. The maximum Gasteiger partial charge on any atom is 0.337 e. The van der Waals surface area contributed by atoms with Gasteiger partial charge in [-0.15, -0.1) is 0 Å². The van der Waals surface area contributed by atoms with Crippen LogP contribution in [0.5, 0.6) is 11.5 Å². The minimum absolute atomic E-state index is 0.0192. The summed E-state index contributed by atoms with van der Waals surface area (Å²) in [6, 6.07) is 16.3. The smallest absolute Gasteiger partial charge is 0.337 e. The van der Waals surface area contributed by atoms with E-state index < -0.39 is 5.97 Å². The molecule has 1 aliphatic rings. The zero-order valence-electron chi connectivity index (χ0n) is 16.6. The van der Waals surface area contributed by atoms with Gasteiger partial charge in [-0.3, -0.25) is 9.69 Å². The Kier molecular flexibility index (Phi) is 7.47. The number of ether oxygens (including phenoxy) is 3. The minimum atomic E-state index is -0.403. The number of para-hydroxylation sites is 1. The fourth-order valence-corrected chi connectivity index (χ4v) is 3.07. The van der Waals surface area contributed by atoms with Crippen LogP contribution in [-0.2, 0) is 9.53 Å². The fourth-order valence-electron chi connectivity index (χ4n) is 3.07. The lowest BCUT2D eigenvalue weighted by atomic mass is 10.2. The molecule has 0 atom stereocenters. The van der Waals surface area contributed by atoms with E-state index in [9.17, 15) is 9.59 Å². The number of benzene rings is 2. The number of amides is 1. The van der Waals surface area contributed by atoms with Gasteiger partial charge in [0.2, 0.25) is 0 Å². The molecule has 3 rings (SSSR count). The Hall–Kier alpha value is -3.06. The number of nitrogens with zero attached hydrogens (tertiary/aromatic N) is 2. The van der Waals surface area contributed by atoms with Crippen molar-refractivity contribution in [3.05, 3.63) is 60.2 Å². The zero-order valence-corrected chi connectivity index (χ0v) is 16.6. The topological polar surface area (TPSA) is 68.3 Å². The molecular weight excluding hydrogens is 372 g/mol. The van der Waals surface area contributed by atoms with Crippen LogP contribution in [0.2, 0.25) is 0 Å². The highest BCUT2D eigenvalue weighted by Gasteiger charge is 2.21. The first-order valence-corrected chi connectivity index (χ1v) is 9.65. The molecule has 1 aliphatic heterocycles. The first-order chi connectivity index (χ1) is 14.2. The third-order valence-corrected chi connectivity index (χ3v) is 4.78. The highest BCUT2D eigenvalue weighted by molar-refractivity contribution is 5.89. The van der Waals surface area contributed by atoms with E-state index in [0.29, 0.717) is 31.0 Å². The van der Waals surface area contributed by atoms with Crippen molar-refractivity contribution >= 4 is 11.9 Å². The van der Waals surface area contributed by atoms with Gasteiger partial charge in [-0.2, -0.15) is 0 Å². The molecule has 0 aliphatic carbocycles. The van der Waals surface area contributed by atoms with Gasteiger partial charge in [0, 0.05) is 32.7 Å². The molecule has 0 radical (unpaired) electrons. The number of methoxy groups -OCH3 is 1. The number of hydrogen-bond acceptors (Lipinski definition) is 6. The summed E-state index contributed by atoms with van der Waals surface area (Å²) < 4.78 is 15.9. The standard InChI is InChI=1S/C22H26N2O5/c1-27-22(26)18-7-9-20(10-8-18)29-17-21(25)24-13-11-23(12-14-24)15-16-28-19-5-3-2-4-6-19/h2-10H,11-17H2,1H3. The predicted octanol–water partition coefficient (Wildman–Crippen LogP) is 2.08. The van der Waals surface area contributed by atoms with Crippen molar-refractivity contribution in [3.8, 4) is 11.5 Å². The van der Waals surface area contributed by atoms with Crippen LogP contribution in [0, 0.1) is 0 Å². The van der Waals surface area contributed by atoms with Crippen molar-refractivity contribution in [1.82, 2.24) is 9.80 Å². The lowest BCUT2D eigenvalue weighted by Gasteiger charge is -2.34. The predicted molar refractivity (Wildman–Crippen MR) is 108 cm³/mol. The van der Waals surface area contributed by atoms with Crippen LogP contribution in [0.4, 0.5) is 0 Å². The molecule has 0 unspecified atom stereocenters. The first-order valence-electron chi connectivity index (χ1n) is 9.65. The normalized spacial score (nSPS) is 14.3. The maximum atomic E-state index is 12.4. The minimum Gasteiger partial charge on any atom is -0.492 e. The van der Waals surface area contributed by atoms with Gasteiger partial charge in [-0.1, -0.05) is 18.2 Å². The summed E-state index contributed by atoms with van der Waals surface area (Å²) in [6.07, 6.45) is 0. The molecule has 7 nitrogen and oxygen atoms in total. The molecule has 0 aromatic heterocycles. The van der Waals surface area contributed by atoms with Gasteiger partial charge in [0.15, 0.2) is 6.61 Å². The number of carbonyl (C=O) groups is 2. The molecule has 1 fully saturated rings. The largest absolute Gasteiger partial charge is 0.492 e. The van der Waals surface area contributed by atoms with E-state index in [-0.39, 0.29) is 12.5 Å². The molecule has 0 spiro atoms. The Morgan fingerprint density at radius 2 is 1.52 bits per heavy atom. The Balaban J connectivity index is 1.35. The summed E-state index contributed by atoms with van der Waals surface area (Å²) in [5.74, 6) is 0.975. The highest BCUT2D eigenvalue weighted by Crippen LogP contribution is 2.13. The van der Waals surface area contributed by atoms with E-state index in [1.54, 1.807) is 24.3 Å². The summed E-state index contributed by atoms with van der Waals surface area (Å²) in [6.45, 7) is 4.43. The molecule has 1 heterocycles. The second-order valence-electron chi connectivity index (χ2n) is 6.69. The second-order valence-corrected chi connectivity index (χ2v) is 6.69. The monoisotopic (exact) mass is 398 g/mol. The van der Waals surface area contributed by atoms with Crippen molar-refractivity contribution in [1.29, 1.82) is 0 Å². The van der Waals surface area contributed by atoms with Crippen LogP contribution in [0.3, 0.4) is 0 Å². The molecule has 0 bridgehead atoms. The Morgan fingerprint density at radius 1 is 0.862 bits per heavy atom. The van der Waals surface area contributed by atoms with Crippen LogP contribution in [0.15, 0.2) is 54.6 Å². The van der Waals surface area contributed by atoms with Gasteiger partial charge < -0.3 is 19.1 Å². The summed E-state index contributed by atoms with van der Waals surface area (Å²) in [4.78, 5) is 27.9. The molecule has 1 saturated heterocycles. The van der Waals surface area contributed by atoms with E-state index >= 15 is 0 Å². The Bertz CT molecular complexity index is 787. The third-order valence-electron chi connectivity index (χ3n) is 4.78. The van der Waals surface area contributed by atoms with E-state index in [4.69, 9.17) is 9.47 Å². The second kappa shape index (κ2) is 10.5. The quantitative estimate of drug-likeness (QED) is 0.634. The Labute approximate surface area is 170 Å². The Morgan fingerprint density at radius 3 is 2.17 bits per heavy atom. The average Bonchev–Trinajstić information content (AvgIpc) is 2.78. The van der Waals surface area contributed by atoms with Gasteiger partial charge in [0.05, 0.1) is 12.7 Å². The number of hydrogen-bond donors (Lipinski definition) is 0. The van der Waals surface area contributed by atoms with Crippen molar-refractivity contribution in [2.75, 3.05) is 53.0 Å². The maximum absolute atomic E-state index is 12.4. The van der Waals surface area contributed by atoms with E-state index in [1.807, 2.05) is 35.2 Å². The van der Waals surface area contributed by atoms with Crippen molar-refractivity contribution < 1.29 is 23.8 Å². The number of piperazine rings is 1.